The van der Waals surface area contributed by atoms with Crippen molar-refractivity contribution in [2.45, 2.75) is 32.8 Å². The summed E-state index contributed by atoms with van der Waals surface area (Å²) in [6.07, 6.45) is 1.94. The van der Waals surface area contributed by atoms with Gasteiger partial charge < -0.3 is 15.4 Å². The van der Waals surface area contributed by atoms with Crippen LogP contribution in [0.4, 0.5) is 10.6 Å². The summed E-state index contributed by atoms with van der Waals surface area (Å²) < 4.78 is 5.17. The Hall–Kier alpha value is -2.15. The Morgan fingerprint density at radius 1 is 1.30 bits per heavy atom. The van der Waals surface area contributed by atoms with E-state index in [-0.39, 0.29) is 6.09 Å². The van der Waals surface area contributed by atoms with Gasteiger partial charge in [-0.05, 0) is 38.6 Å². The van der Waals surface area contributed by atoms with Gasteiger partial charge in [0.2, 0.25) is 0 Å². The van der Waals surface area contributed by atoms with Crippen molar-refractivity contribution in [3.63, 3.8) is 0 Å². The molecule has 0 atom stereocenters. The number of rotatable bonds is 6. The summed E-state index contributed by atoms with van der Waals surface area (Å²) in [4.78, 5) is 20.0. The normalized spacial score (nSPS) is 11.1. The van der Waals surface area contributed by atoms with Crippen molar-refractivity contribution < 1.29 is 9.53 Å². The number of ether oxygens (including phenoxy) is 1. The molecule has 2 aromatic rings. The number of alkyl carbamates (subject to hydrolysis) is 1. The fourth-order valence-corrected chi connectivity index (χ4v) is 2.48. The second-order valence-corrected chi connectivity index (χ2v) is 6.79. The SMILES string of the molecule is CC(C)(C)OC(=O)NCCCNc1cc(-c2ccsc2)ncn1. The zero-order chi connectivity index (χ0) is 16.7. The number of carbonyl (C=O) groups excluding carboxylic acids is 1. The molecule has 0 aliphatic heterocycles. The molecule has 0 aliphatic rings. The Bertz CT molecular complexity index is 623. The molecule has 0 aliphatic carbocycles. The maximum absolute atomic E-state index is 11.5. The summed E-state index contributed by atoms with van der Waals surface area (Å²) in [6.45, 7) is 6.78. The van der Waals surface area contributed by atoms with E-state index >= 15 is 0 Å². The van der Waals surface area contributed by atoms with E-state index in [4.69, 9.17) is 4.74 Å². The summed E-state index contributed by atoms with van der Waals surface area (Å²) in [6, 6.07) is 3.95. The van der Waals surface area contributed by atoms with Crippen molar-refractivity contribution in [2.24, 2.45) is 0 Å². The van der Waals surface area contributed by atoms with Gasteiger partial charge in [-0.25, -0.2) is 14.8 Å². The Morgan fingerprint density at radius 2 is 2.13 bits per heavy atom. The van der Waals surface area contributed by atoms with Crippen LogP contribution in [0.1, 0.15) is 27.2 Å². The first kappa shape index (κ1) is 17.2. The summed E-state index contributed by atoms with van der Waals surface area (Å²) in [5.74, 6) is 0.776. The monoisotopic (exact) mass is 334 g/mol. The predicted octanol–water partition coefficient (Wildman–Crippen LogP) is 3.53. The topological polar surface area (TPSA) is 76.1 Å². The Kier molecular flexibility index (Phi) is 5.92. The largest absolute Gasteiger partial charge is 0.444 e. The quantitative estimate of drug-likeness (QED) is 0.790. The predicted molar refractivity (Wildman–Crippen MR) is 92.7 cm³/mol. The highest BCUT2D eigenvalue weighted by Gasteiger charge is 2.15. The molecule has 0 fully saturated rings. The van der Waals surface area contributed by atoms with Crippen LogP contribution in [-0.2, 0) is 4.74 Å². The molecule has 0 saturated heterocycles. The Balaban J connectivity index is 1.71. The van der Waals surface area contributed by atoms with E-state index in [1.807, 2.05) is 38.3 Å². The van der Waals surface area contributed by atoms with E-state index in [9.17, 15) is 4.79 Å². The molecule has 0 saturated carbocycles. The van der Waals surface area contributed by atoms with E-state index in [0.717, 1.165) is 23.5 Å². The number of aromatic nitrogens is 2. The van der Waals surface area contributed by atoms with E-state index in [1.165, 1.54) is 0 Å². The molecule has 124 valence electrons. The molecule has 0 unspecified atom stereocenters. The number of hydrogen-bond donors (Lipinski definition) is 2. The summed E-state index contributed by atoms with van der Waals surface area (Å²) >= 11 is 1.64. The van der Waals surface area contributed by atoms with Gasteiger partial charge >= 0.3 is 6.09 Å². The van der Waals surface area contributed by atoms with Crippen LogP contribution in [0.25, 0.3) is 11.3 Å². The lowest BCUT2D eigenvalue weighted by atomic mass is 10.2. The van der Waals surface area contributed by atoms with Crippen molar-refractivity contribution in [3.8, 4) is 11.3 Å². The molecule has 2 aromatic heterocycles. The van der Waals surface area contributed by atoms with Crippen LogP contribution in [0.5, 0.6) is 0 Å². The zero-order valence-electron chi connectivity index (χ0n) is 13.6. The van der Waals surface area contributed by atoms with Gasteiger partial charge in [-0.3, -0.25) is 0 Å². The van der Waals surface area contributed by atoms with Crippen molar-refractivity contribution in [1.82, 2.24) is 15.3 Å². The fraction of sp³-hybridized carbons (Fsp3) is 0.438. The number of thiophene rings is 1. The van der Waals surface area contributed by atoms with Gasteiger partial charge in [-0.2, -0.15) is 11.3 Å². The minimum atomic E-state index is -0.471. The van der Waals surface area contributed by atoms with Gasteiger partial charge in [0, 0.05) is 30.1 Å². The first-order valence-corrected chi connectivity index (χ1v) is 8.44. The number of anilines is 1. The van der Waals surface area contributed by atoms with Crippen molar-refractivity contribution in [2.75, 3.05) is 18.4 Å². The van der Waals surface area contributed by atoms with Crippen LogP contribution in [0, 0.1) is 0 Å². The van der Waals surface area contributed by atoms with Gasteiger partial charge in [0.05, 0.1) is 5.69 Å². The summed E-state index contributed by atoms with van der Waals surface area (Å²) in [7, 11) is 0. The molecular formula is C16H22N4O2S. The maximum Gasteiger partial charge on any atom is 0.407 e. The maximum atomic E-state index is 11.5. The smallest absolute Gasteiger partial charge is 0.407 e. The third-order valence-corrected chi connectivity index (χ3v) is 3.50. The van der Waals surface area contributed by atoms with Crippen molar-refractivity contribution in [3.05, 3.63) is 29.2 Å². The first-order valence-electron chi connectivity index (χ1n) is 7.49. The molecular weight excluding hydrogens is 312 g/mol. The van der Waals surface area contributed by atoms with Gasteiger partial charge in [-0.15, -0.1) is 0 Å². The minimum absolute atomic E-state index is 0.390. The molecule has 2 heterocycles. The van der Waals surface area contributed by atoms with Crippen molar-refractivity contribution >= 4 is 23.2 Å². The molecule has 0 aromatic carbocycles. The van der Waals surface area contributed by atoms with E-state index in [2.05, 4.69) is 26.0 Å². The van der Waals surface area contributed by atoms with Gasteiger partial charge in [-0.1, -0.05) is 0 Å². The average Bonchev–Trinajstić information content (AvgIpc) is 2.99. The van der Waals surface area contributed by atoms with Crippen LogP contribution < -0.4 is 10.6 Å². The lowest BCUT2D eigenvalue weighted by molar-refractivity contribution is 0.0528. The number of amides is 1. The van der Waals surface area contributed by atoms with Crippen LogP contribution in [0.2, 0.25) is 0 Å². The standard InChI is InChI=1S/C16H22N4O2S/c1-16(2,3)22-15(21)18-7-4-6-17-14-9-13(19-11-20-14)12-5-8-23-10-12/h5,8-11H,4,6-7H2,1-3H3,(H,18,21)(H,17,19,20). The lowest BCUT2D eigenvalue weighted by Gasteiger charge is -2.19. The highest BCUT2D eigenvalue weighted by Crippen LogP contribution is 2.21. The Morgan fingerprint density at radius 3 is 2.83 bits per heavy atom. The molecule has 2 N–H and O–H groups in total. The van der Waals surface area contributed by atoms with Crippen LogP contribution in [-0.4, -0.2) is 34.8 Å². The fourth-order valence-electron chi connectivity index (χ4n) is 1.83. The molecule has 23 heavy (non-hydrogen) atoms. The third-order valence-electron chi connectivity index (χ3n) is 2.81. The van der Waals surface area contributed by atoms with E-state index < -0.39 is 5.60 Å². The molecule has 0 bridgehead atoms. The molecule has 0 radical (unpaired) electrons. The Labute approximate surface area is 140 Å². The first-order chi connectivity index (χ1) is 10.9. The number of carbonyl (C=O) groups is 1. The second kappa shape index (κ2) is 7.92. The zero-order valence-corrected chi connectivity index (χ0v) is 14.4. The molecule has 1 amide bonds. The highest BCUT2D eigenvalue weighted by atomic mass is 32.1. The van der Waals surface area contributed by atoms with Crippen LogP contribution >= 0.6 is 11.3 Å². The number of nitrogens with one attached hydrogen (secondary N) is 2. The van der Waals surface area contributed by atoms with Crippen LogP contribution in [0.15, 0.2) is 29.2 Å². The minimum Gasteiger partial charge on any atom is -0.444 e. The van der Waals surface area contributed by atoms with Crippen LogP contribution in [0.3, 0.4) is 0 Å². The summed E-state index contributed by atoms with van der Waals surface area (Å²) in [5.41, 5.74) is 1.52. The second-order valence-electron chi connectivity index (χ2n) is 6.01. The highest BCUT2D eigenvalue weighted by molar-refractivity contribution is 7.08. The van der Waals surface area contributed by atoms with Gasteiger partial charge in [0.25, 0.3) is 0 Å². The summed E-state index contributed by atoms with van der Waals surface area (Å²) in [5, 5.41) is 10.0. The van der Waals surface area contributed by atoms with Gasteiger partial charge in [0.1, 0.15) is 17.7 Å². The number of hydrogen-bond acceptors (Lipinski definition) is 6. The van der Waals surface area contributed by atoms with Gasteiger partial charge in [0.15, 0.2) is 0 Å². The molecule has 6 nitrogen and oxygen atoms in total. The van der Waals surface area contributed by atoms with E-state index in [1.54, 1.807) is 17.7 Å². The number of nitrogens with zero attached hydrogens (tertiary/aromatic N) is 2. The lowest BCUT2D eigenvalue weighted by Crippen LogP contribution is -2.33. The molecule has 7 heteroatoms. The third kappa shape index (κ3) is 6.23. The van der Waals surface area contributed by atoms with E-state index in [0.29, 0.717) is 13.1 Å². The average molecular weight is 334 g/mol. The molecule has 2 rings (SSSR count). The molecule has 0 spiro atoms. The van der Waals surface area contributed by atoms with Crippen molar-refractivity contribution in [1.29, 1.82) is 0 Å².